The first-order valence-electron chi connectivity index (χ1n) is 8.47. The van der Waals surface area contributed by atoms with Crippen LogP contribution in [-0.4, -0.2) is 48.4 Å². The fourth-order valence-electron chi connectivity index (χ4n) is 3.12. The molecule has 1 atom stereocenters. The zero-order valence-electron chi connectivity index (χ0n) is 13.9. The molecule has 1 amide bonds. The Kier molecular flexibility index (Phi) is 6.66. The lowest BCUT2D eigenvalue weighted by Gasteiger charge is -2.33. The van der Waals surface area contributed by atoms with E-state index in [0.717, 1.165) is 45.6 Å². The molecule has 0 saturated carbocycles. The summed E-state index contributed by atoms with van der Waals surface area (Å²) in [6.07, 6.45) is 6.53. The normalized spacial score (nSPS) is 19.5. The molecule has 2 rings (SSSR count). The minimum atomic E-state index is 0.179. The summed E-state index contributed by atoms with van der Waals surface area (Å²) in [6, 6.07) is 10.4. The average molecular weight is 300 g/mol. The number of hydrogen-bond acceptors (Lipinski definition) is 2. The Morgan fingerprint density at radius 2 is 2.00 bits per heavy atom. The van der Waals surface area contributed by atoms with Crippen LogP contribution in [0.2, 0.25) is 0 Å². The van der Waals surface area contributed by atoms with Crippen molar-refractivity contribution in [3.05, 3.63) is 42.0 Å². The van der Waals surface area contributed by atoms with Crippen molar-refractivity contribution in [3.8, 4) is 0 Å². The lowest BCUT2D eigenvalue weighted by atomic mass is 9.96. The molecule has 3 heteroatoms. The van der Waals surface area contributed by atoms with E-state index in [1.54, 1.807) is 0 Å². The van der Waals surface area contributed by atoms with Gasteiger partial charge in [0.2, 0.25) is 5.91 Å². The monoisotopic (exact) mass is 300 g/mol. The Labute approximate surface area is 134 Å². The Hall–Kier alpha value is -1.61. The molecule has 22 heavy (non-hydrogen) atoms. The van der Waals surface area contributed by atoms with Gasteiger partial charge in [-0.15, -0.1) is 0 Å². The molecular weight excluding hydrogens is 272 g/mol. The van der Waals surface area contributed by atoms with Crippen molar-refractivity contribution < 1.29 is 4.79 Å². The highest BCUT2D eigenvalue weighted by Gasteiger charge is 2.27. The Balaban J connectivity index is 1.85. The number of piperidine rings is 1. The number of nitrogens with zero attached hydrogens (tertiary/aromatic N) is 2. The molecule has 1 aromatic rings. The minimum Gasteiger partial charge on any atom is -0.343 e. The van der Waals surface area contributed by atoms with Gasteiger partial charge in [-0.1, -0.05) is 42.5 Å². The van der Waals surface area contributed by atoms with Crippen molar-refractivity contribution in [2.75, 3.05) is 32.7 Å². The van der Waals surface area contributed by atoms with Crippen LogP contribution in [0.1, 0.15) is 32.3 Å². The summed E-state index contributed by atoms with van der Waals surface area (Å²) in [5.41, 5.74) is 1.23. The zero-order chi connectivity index (χ0) is 15.8. The maximum Gasteiger partial charge on any atom is 0.226 e. The molecule has 0 bridgehead atoms. The Morgan fingerprint density at radius 3 is 2.68 bits per heavy atom. The summed E-state index contributed by atoms with van der Waals surface area (Å²) in [7, 11) is 0. The number of amides is 1. The first-order chi connectivity index (χ1) is 10.7. The molecule has 120 valence electrons. The third-order valence-electron chi connectivity index (χ3n) is 4.40. The molecule has 1 fully saturated rings. The summed E-state index contributed by atoms with van der Waals surface area (Å²) in [4.78, 5) is 16.8. The van der Waals surface area contributed by atoms with Crippen LogP contribution < -0.4 is 0 Å². The molecule has 1 aliphatic heterocycles. The van der Waals surface area contributed by atoms with Crippen LogP contribution in [0.5, 0.6) is 0 Å². The summed E-state index contributed by atoms with van der Waals surface area (Å²) in [5, 5.41) is 0. The van der Waals surface area contributed by atoms with E-state index >= 15 is 0 Å². The van der Waals surface area contributed by atoms with Gasteiger partial charge in [0.1, 0.15) is 0 Å². The van der Waals surface area contributed by atoms with Crippen molar-refractivity contribution in [2.24, 2.45) is 5.92 Å². The van der Waals surface area contributed by atoms with E-state index in [2.05, 4.69) is 55.2 Å². The van der Waals surface area contributed by atoms with E-state index in [4.69, 9.17) is 0 Å². The van der Waals surface area contributed by atoms with Crippen molar-refractivity contribution >= 4 is 12.0 Å². The van der Waals surface area contributed by atoms with Crippen molar-refractivity contribution in [1.29, 1.82) is 0 Å². The predicted molar refractivity (Wildman–Crippen MR) is 92.6 cm³/mol. The van der Waals surface area contributed by atoms with Gasteiger partial charge in [-0.3, -0.25) is 9.69 Å². The van der Waals surface area contributed by atoms with Gasteiger partial charge in [-0.05, 0) is 38.8 Å². The third-order valence-corrected chi connectivity index (χ3v) is 4.40. The molecular formula is C19H28N2O. The summed E-state index contributed by atoms with van der Waals surface area (Å²) < 4.78 is 0. The van der Waals surface area contributed by atoms with Gasteiger partial charge in [-0.25, -0.2) is 0 Å². The quantitative estimate of drug-likeness (QED) is 0.805. The van der Waals surface area contributed by atoms with Gasteiger partial charge in [0.15, 0.2) is 0 Å². The maximum absolute atomic E-state index is 12.5. The maximum atomic E-state index is 12.5. The van der Waals surface area contributed by atoms with Crippen LogP contribution in [-0.2, 0) is 4.79 Å². The smallest absolute Gasteiger partial charge is 0.226 e. The lowest BCUT2D eigenvalue weighted by Crippen LogP contribution is -2.44. The summed E-state index contributed by atoms with van der Waals surface area (Å²) >= 11 is 0. The number of likely N-dealkylation sites (tertiary alicyclic amines) is 1. The SMILES string of the molecule is CCN(CC)C(=O)C1CCCN(CC=Cc2ccccc2)C1. The largest absolute Gasteiger partial charge is 0.343 e. The van der Waals surface area contributed by atoms with Gasteiger partial charge in [0, 0.05) is 26.2 Å². The molecule has 1 aliphatic rings. The number of rotatable bonds is 6. The van der Waals surface area contributed by atoms with E-state index in [0.29, 0.717) is 5.91 Å². The molecule has 0 spiro atoms. The molecule has 1 heterocycles. The van der Waals surface area contributed by atoms with Crippen LogP contribution in [0.25, 0.3) is 6.08 Å². The standard InChI is InChI=1S/C19H28N2O/c1-3-21(4-2)19(22)18-13-9-15-20(16-18)14-8-12-17-10-6-5-7-11-17/h5-8,10-12,18H,3-4,9,13-16H2,1-2H3. The second kappa shape index (κ2) is 8.74. The molecule has 1 saturated heterocycles. The number of carbonyl (C=O) groups is 1. The van der Waals surface area contributed by atoms with Gasteiger partial charge in [0.05, 0.1) is 5.92 Å². The van der Waals surface area contributed by atoms with Crippen molar-refractivity contribution in [3.63, 3.8) is 0 Å². The Bertz CT molecular complexity index is 479. The molecule has 0 aromatic heterocycles. The van der Waals surface area contributed by atoms with E-state index in [-0.39, 0.29) is 5.92 Å². The van der Waals surface area contributed by atoms with Crippen LogP contribution in [0, 0.1) is 5.92 Å². The van der Waals surface area contributed by atoms with E-state index in [1.165, 1.54) is 5.56 Å². The third kappa shape index (κ3) is 4.70. The summed E-state index contributed by atoms with van der Waals surface area (Å²) in [6.45, 7) is 8.68. The fraction of sp³-hybridized carbons (Fsp3) is 0.526. The highest BCUT2D eigenvalue weighted by molar-refractivity contribution is 5.79. The molecule has 1 aromatic carbocycles. The summed E-state index contributed by atoms with van der Waals surface area (Å²) in [5.74, 6) is 0.514. The first kappa shape index (κ1) is 16.8. The highest BCUT2D eigenvalue weighted by atomic mass is 16.2. The number of carbonyl (C=O) groups excluding carboxylic acids is 1. The zero-order valence-corrected chi connectivity index (χ0v) is 13.9. The second-order valence-electron chi connectivity index (χ2n) is 5.92. The predicted octanol–water partition coefficient (Wildman–Crippen LogP) is 3.28. The molecule has 0 N–H and O–H groups in total. The molecule has 1 unspecified atom stereocenters. The first-order valence-corrected chi connectivity index (χ1v) is 8.47. The number of hydrogen-bond donors (Lipinski definition) is 0. The second-order valence-corrected chi connectivity index (χ2v) is 5.92. The Morgan fingerprint density at radius 1 is 1.27 bits per heavy atom. The topological polar surface area (TPSA) is 23.6 Å². The van der Waals surface area contributed by atoms with Crippen LogP contribution in [0.3, 0.4) is 0 Å². The molecule has 0 aliphatic carbocycles. The van der Waals surface area contributed by atoms with E-state index < -0.39 is 0 Å². The van der Waals surface area contributed by atoms with Crippen molar-refractivity contribution in [2.45, 2.75) is 26.7 Å². The van der Waals surface area contributed by atoms with E-state index in [9.17, 15) is 4.79 Å². The van der Waals surface area contributed by atoms with Gasteiger partial charge in [-0.2, -0.15) is 0 Å². The van der Waals surface area contributed by atoms with Crippen LogP contribution in [0.15, 0.2) is 36.4 Å². The molecule has 0 radical (unpaired) electrons. The van der Waals surface area contributed by atoms with Crippen molar-refractivity contribution in [1.82, 2.24) is 9.80 Å². The van der Waals surface area contributed by atoms with E-state index in [1.807, 2.05) is 11.0 Å². The van der Waals surface area contributed by atoms with Gasteiger partial charge in [0.25, 0.3) is 0 Å². The lowest BCUT2D eigenvalue weighted by molar-refractivity contribution is -0.136. The fourth-order valence-corrected chi connectivity index (χ4v) is 3.12. The molecule has 3 nitrogen and oxygen atoms in total. The number of benzene rings is 1. The minimum absolute atomic E-state index is 0.179. The average Bonchev–Trinajstić information content (AvgIpc) is 2.57. The van der Waals surface area contributed by atoms with Crippen LogP contribution in [0.4, 0.5) is 0 Å². The van der Waals surface area contributed by atoms with Gasteiger partial charge >= 0.3 is 0 Å². The highest BCUT2D eigenvalue weighted by Crippen LogP contribution is 2.19. The van der Waals surface area contributed by atoms with Gasteiger partial charge < -0.3 is 4.90 Å². The van der Waals surface area contributed by atoms with Crippen LogP contribution >= 0.6 is 0 Å².